The molecular weight excluding hydrogens is 372 g/mol. The lowest BCUT2D eigenvalue weighted by atomic mass is 10.1. The number of ether oxygens (including phenoxy) is 3. The van der Waals surface area contributed by atoms with E-state index in [0.29, 0.717) is 29.2 Å². The van der Waals surface area contributed by atoms with Crippen molar-refractivity contribution in [1.29, 1.82) is 0 Å². The Balaban J connectivity index is 2.21. The molecule has 27 heavy (non-hydrogen) atoms. The number of imide groups is 1. The molecule has 0 bridgehead atoms. The molecule has 1 fully saturated rings. The van der Waals surface area contributed by atoms with Gasteiger partial charge < -0.3 is 19.5 Å². The molecule has 2 rings (SSSR count). The first kappa shape index (κ1) is 20.6. The van der Waals surface area contributed by atoms with Gasteiger partial charge >= 0.3 is 0 Å². The van der Waals surface area contributed by atoms with Gasteiger partial charge in [0.2, 0.25) is 11.7 Å². The first-order valence-electron chi connectivity index (χ1n) is 8.27. The highest BCUT2D eigenvalue weighted by molar-refractivity contribution is 8.18. The number of amides is 3. The lowest BCUT2D eigenvalue weighted by molar-refractivity contribution is -0.124. The minimum Gasteiger partial charge on any atom is -0.493 e. The van der Waals surface area contributed by atoms with E-state index in [2.05, 4.69) is 5.32 Å². The molecule has 0 atom stereocenters. The molecule has 0 aliphatic carbocycles. The van der Waals surface area contributed by atoms with Gasteiger partial charge in [-0.2, -0.15) is 0 Å². The number of carbonyl (C=O) groups excluding carboxylic acids is 3. The maximum atomic E-state index is 12.5. The number of hydrogen-bond acceptors (Lipinski definition) is 7. The van der Waals surface area contributed by atoms with Crippen LogP contribution in [0.1, 0.15) is 18.9 Å². The summed E-state index contributed by atoms with van der Waals surface area (Å²) < 4.78 is 15.9. The molecule has 0 spiro atoms. The summed E-state index contributed by atoms with van der Waals surface area (Å²) in [7, 11) is 4.50. The van der Waals surface area contributed by atoms with Crippen LogP contribution in [0.25, 0.3) is 6.08 Å². The zero-order valence-corrected chi connectivity index (χ0v) is 16.5. The van der Waals surface area contributed by atoms with Crippen LogP contribution in [-0.2, 0) is 9.59 Å². The molecule has 0 radical (unpaired) electrons. The lowest BCUT2D eigenvalue weighted by Gasteiger charge is -2.13. The molecule has 8 nitrogen and oxygen atoms in total. The second-order valence-electron chi connectivity index (χ2n) is 5.50. The Bertz CT molecular complexity index is 752. The Hall–Kier alpha value is -2.68. The minimum atomic E-state index is -0.399. The van der Waals surface area contributed by atoms with Crippen molar-refractivity contribution in [2.75, 3.05) is 34.4 Å². The van der Waals surface area contributed by atoms with Crippen molar-refractivity contribution in [1.82, 2.24) is 10.2 Å². The lowest BCUT2D eigenvalue weighted by Crippen LogP contribution is -2.37. The van der Waals surface area contributed by atoms with Crippen molar-refractivity contribution in [2.24, 2.45) is 0 Å². The van der Waals surface area contributed by atoms with Gasteiger partial charge in [-0.25, -0.2) is 0 Å². The second-order valence-corrected chi connectivity index (χ2v) is 6.49. The van der Waals surface area contributed by atoms with Crippen LogP contribution in [0, 0.1) is 0 Å². The van der Waals surface area contributed by atoms with Crippen LogP contribution in [0.5, 0.6) is 17.2 Å². The van der Waals surface area contributed by atoms with Gasteiger partial charge in [0.1, 0.15) is 0 Å². The van der Waals surface area contributed by atoms with E-state index in [-0.39, 0.29) is 29.1 Å². The van der Waals surface area contributed by atoms with Gasteiger partial charge in [-0.05, 0) is 35.5 Å². The first-order valence-corrected chi connectivity index (χ1v) is 9.08. The van der Waals surface area contributed by atoms with E-state index in [1.165, 1.54) is 21.3 Å². The monoisotopic (exact) mass is 394 g/mol. The van der Waals surface area contributed by atoms with Crippen LogP contribution in [0.2, 0.25) is 0 Å². The van der Waals surface area contributed by atoms with Crippen LogP contribution in [0.3, 0.4) is 0 Å². The van der Waals surface area contributed by atoms with Gasteiger partial charge in [0.25, 0.3) is 11.1 Å². The van der Waals surface area contributed by atoms with Crippen molar-refractivity contribution in [2.45, 2.75) is 13.3 Å². The average Bonchev–Trinajstić information content (AvgIpc) is 2.94. The molecule has 1 N–H and O–H groups in total. The number of methoxy groups -OCH3 is 3. The highest BCUT2D eigenvalue weighted by atomic mass is 32.2. The Labute approximate surface area is 161 Å². The highest BCUT2D eigenvalue weighted by Gasteiger charge is 2.34. The first-order chi connectivity index (χ1) is 12.9. The van der Waals surface area contributed by atoms with Gasteiger partial charge in [0.15, 0.2) is 11.5 Å². The fourth-order valence-electron chi connectivity index (χ4n) is 2.46. The second kappa shape index (κ2) is 9.31. The molecule has 3 amide bonds. The van der Waals surface area contributed by atoms with Crippen LogP contribution < -0.4 is 19.5 Å². The summed E-state index contributed by atoms with van der Waals surface area (Å²) >= 11 is 0.851. The van der Waals surface area contributed by atoms with E-state index >= 15 is 0 Å². The number of hydrogen-bond donors (Lipinski definition) is 1. The van der Waals surface area contributed by atoms with Crippen molar-refractivity contribution >= 4 is 34.9 Å². The van der Waals surface area contributed by atoms with Crippen LogP contribution in [-0.4, -0.2) is 56.4 Å². The summed E-state index contributed by atoms with van der Waals surface area (Å²) in [6.45, 7) is 2.08. The van der Waals surface area contributed by atoms with Gasteiger partial charge in [-0.1, -0.05) is 6.92 Å². The standard InChI is InChI=1S/C18H22N2O6S/c1-5-15(21)19-6-7-20-17(22)14(27-18(20)23)10-11-8-12(24-2)16(26-4)13(9-11)25-3/h8-10H,5-7H2,1-4H3,(H,19,21). The smallest absolute Gasteiger partial charge is 0.293 e. The summed E-state index contributed by atoms with van der Waals surface area (Å²) in [6.07, 6.45) is 1.95. The summed E-state index contributed by atoms with van der Waals surface area (Å²) in [4.78, 5) is 37.3. The number of nitrogens with one attached hydrogen (secondary N) is 1. The number of thioether (sulfide) groups is 1. The molecule has 0 unspecified atom stereocenters. The highest BCUT2D eigenvalue weighted by Crippen LogP contribution is 2.40. The van der Waals surface area contributed by atoms with Crippen LogP contribution in [0.15, 0.2) is 17.0 Å². The van der Waals surface area contributed by atoms with Crippen molar-refractivity contribution in [3.05, 3.63) is 22.6 Å². The fraction of sp³-hybridized carbons (Fsp3) is 0.389. The molecule has 9 heteroatoms. The number of nitrogens with zero attached hydrogens (tertiary/aromatic N) is 1. The average molecular weight is 394 g/mol. The van der Waals surface area contributed by atoms with Crippen molar-refractivity contribution < 1.29 is 28.6 Å². The maximum absolute atomic E-state index is 12.5. The summed E-state index contributed by atoms with van der Waals surface area (Å²) in [5, 5.41) is 2.28. The Morgan fingerprint density at radius 2 is 1.78 bits per heavy atom. The van der Waals surface area contributed by atoms with E-state index in [0.717, 1.165) is 16.7 Å². The molecule has 1 aliphatic heterocycles. The summed E-state index contributed by atoms with van der Waals surface area (Å²) in [5.74, 6) is 0.811. The zero-order chi connectivity index (χ0) is 20.0. The largest absolute Gasteiger partial charge is 0.493 e. The molecule has 1 aromatic carbocycles. The molecular formula is C18H22N2O6S. The molecule has 1 heterocycles. The predicted molar refractivity (Wildman–Crippen MR) is 102 cm³/mol. The van der Waals surface area contributed by atoms with E-state index in [9.17, 15) is 14.4 Å². The minimum absolute atomic E-state index is 0.128. The molecule has 0 saturated carbocycles. The third-order valence-corrected chi connectivity index (χ3v) is 4.74. The normalized spacial score (nSPS) is 15.3. The Morgan fingerprint density at radius 3 is 2.30 bits per heavy atom. The summed E-state index contributed by atoms with van der Waals surface area (Å²) in [6, 6.07) is 3.38. The molecule has 146 valence electrons. The molecule has 1 saturated heterocycles. The number of benzene rings is 1. The van der Waals surface area contributed by atoms with E-state index in [1.807, 2.05) is 0 Å². The molecule has 1 aliphatic rings. The van der Waals surface area contributed by atoms with Crippen LogP contribution >= 0.6 is 11.8 Å². The maximum Gasteiger partial charge on any atom is 0.293 e. The third-order valence-electron chi connectivity index (χ3n) is 3.84. The molecule has 1 aromatic rings. The topological polar surface area (TPSA) is 94.2 Å². The fourth-order valence-corrected chi connectivity index (χ4v) is 3.33. The van der Waals surface area contributed by atoms with Gasteiger partial charge in [-0.15, -0.1) is 0 Å². The number of rotatable bonds is 8. The SMILES string of the molecule is CCC(=O)NCCN1C(=O)SC(=Cc2cc(OC)c(OC)c(OC)c2)C1=O. The van der Waals surface area contributed by atoms with E-state index in [4.69, 9.17) is 14.2 Å². The summed E-state index contributed by atoms with van der Waals surface area (Å²) in [5.41, 5.74) is 0.634. The molecule has 0 aromatic heterocycles. The quantitative estimate of drug-likeness (QED) is 0.676. The van der Waals surface area contributed by atoms with E-state index in [1.54, 1.807) is 25.1 Å². The van der Waals surface area contributed by atoms with Crippen molar-refractivity contribution in [3.8, 4) is 17.2 Å². The van der Waals surface area contributed by atoms with Gasteiger partial charge in [0.05, 0.1) is 26.2 Å². The van der Waals surface area contributed by atoms with Gasteiger partial charge in [0, 0.05) is 19.5 Å². The number of carbonyl (C=O) groups is 3. The zero-order valence-electron chi connectivity index (χ0n) is 15.7. The Morgan fingerprint density at radius 1 is 1.15 bits per heavy atom. The predicted octanol–water partition coefficient (Wildman–Crippen LogP) is 2.27. The van der Waals surface area contributed by atoms with E-state index < -0.39 is 5.91 Å². The van der Waals surface area contributed by atoms with Gasteiger partial charge in [-0.3, -0.25) is 19.3 Å². The van der Waals surface area contributed by atoms with Crippen LogP contribution in [0.4, 0.5) is 4.79 Å². The Kier molecular flexibility index (Phi) is 7.12. The van der Waals surface area contributed by atoms with Crippen molar-refractivity contribution in [3.63, 3.8) is 0 Å². The third kappa shape index (κ3) is 4.73.